The van der Waals surface area contributed by atoms with Crippen molar-refractivity contribution in [2.45, 2.75) is 26.3 Å². The highest BCUT2D eigenvalue weighted by atomic mass is 16.5. The van der Waals surface area contributed by atoms with Crippen molar-refractivity contribution in [3.05, 3.63) is 60.2 Å². The van der Waals surface area contributed by atoms with Crippen molar-refractivity contribution in [3.8, 4) is 11.5 Å². The van der Waals surface area contributed by atoms with E-state index in [9.17, 15) is 0 Å². The van der Waals surface area contributed by atoms with Gasteiger partial charge < -0.3 is 9.47 Å². The van der Waals surface area contributed by atoms with Crippen LogP contribution in [-0.2, 0) is 6.54 Å². The third-order valence-electron chi connectivity index (χ3n) is 4.48. The lowest BCUT2D eigenvalue weighted by molar-refractivity contribution is 0.123. The molecule has 0 bridgehead atoms. The first kappa shape index (κ1) is 16.8. The Bertz CT molecular complexity index is 614. The van der Waals surface area contributed by atoms with Gasteiger partial charge in [0.1, 0.15) is 0 Å². The Morgan fingerprint density at radius 1 is 0.958 bits per heavy atom. The molecule has 1 aliphatic heterocycles. The van der Waals surface area contributed by atoms with E-state index in [0.29, 0.717) is 12.5 Å². The molecule has 1 unspecified atom stereocenters. The van der Waals surface area contributed by atoms with Gasteiger partial charge in [0.25, 0.3) is 0 Å². The molecule has 1 atom stereocenters. The number of hydrogen-bond acceptors (Lipinski definition) is 3. The summed E-state index contributed by atoms with van der Waals surface area (Å²) in [6.45, 7) is 6.74. The van der Waals surface area contributed by atoms with Crippen LogP contribution in [0.2, 0.25) is 0 Å². The summed E-state index contributed by atoms with van der Waals surface area (Å²) < 4.78 is 11.7. The predicted octanol–water partition coefficient (Wildman–Crippen LogP) is 4.38. The zero-order valence-corrected chi connectivity index (χ0v) is 14.5. The number of benzene rings is 2. The lowest BCUT2D eigenvalue weighted by atomic mass is 9.98. The average Bonchev–Trinajstić information content (AvgIpc) is 2.62. The summed E-state index contributed by atoms with van der Waals surface area (Å²) in [7, 11) is 0. The van der Waals surface area contributed by atoms with Crippen LogP contribution in [0.5, 0.6) is 11.5 Å². The number of piperidine rings is 1. The molecule has 0 spiro atoms. The van der Waals surface area contributed by atoms with Gasteiger partial charge in [-0.15, -0.1) is 0 Å². The van der Waals surface area contributed by atoms with Crippen molar-refractivity contribution in [1.82, 2.24) is 4.90 Å². The van der Waals surface area contributed by atoms with Gasteiger partial charge in [-0.2, -0.15) is 0 Å². The van der Waals surface area contributed by atoms with Crippen LogP contribution in [0.1, 0.15) is 25.3 Å². The number of ether oxygens (including phenoxy) is 2. The van der Waals surface area contributed by atoms with Crippen LogP contribution in [0.15, 0.2) is 54.6 Å². The Labute approximate surface area is 145 Å². The van der Waals surface area contributed by atoms with Crippen molar-refractivity contribution >= 4 is 0 Å². The maximum atomic E-state index is 6.08. The molecule has 24 heavy (non-hydrogen) atoms. The molecule has 2 aromatic rings. The van der Waals surface area contributed by atoms with Gasteiger partial charge in [0.05, 0.1) is 13.2 Å². The highest BCUT2D eigenvalue weighted by Gasteiger charge is 2.21. The minimum absolute atomic E-state index is 0.581. The van der Waals surface area contributed by atoms with Gasteiger partial charge in [0.2, 0.25) is 0 Å². The first-order chi connectivity index (χ1) is 11.8. The summed E-state index contributed by atoms with van der Waals surface area (Å²) in [6, 6.07) is 18.7. The van der Waals surface area contributed by atoms with Gasteiger partial charge in [0.15, 0.2) is 11.5 Å². The van der Waals surface area contributed by atoms with E-state index in [1.165, 1.54) is 24.9 Å². The normalized spacial score (nSPS) is 18.3. The standard InChI is InChI=1S/C21H27NO2/c1-2-23-20-12-6-7-13-21(20)24-17-19-11-8-14-22(16-19)15-18-9-4-3-5-10-18/h3-7,9-10,12-13,19H,2,8,11,14-17H2,1H3. The van der Waals surface area contributed by atoms with E-state index < -0.39 is 0 Å². The zero-order chi connectivity index (χ0) is 16.6. The molecular weight excluding hydrogens is 298 g/mol. The average molecular weight is 325 g/mol. The molecule has 1 fully saturated rings. The van der Waals surface area contributed by atoms with Crippen molar-refractivity contribution in [2.24, 2.45) is 5.92 Å². The largest absolute Gasteiger partial charge is 0.490 e. The Morgan fingerprint density at radius 2 is 1.67 bits per heavy atom. The lowest BCUT2D eigenvalue weighted by Crippen LogP contribution is -2.37. The van der Waals surface area contributed by atoms with E-state index in [4.69, 9.17) is 9.47 Å². The molecule has 3 heteroatoms. The summed E-state index contributed by atoms with van der Waals surface area (Å²) in [5.74, 6) is 2.29. The summed E-state index contributed by atoms with van der Waals surface area (Å²) in [5, 5.41) is 0. The van der Waals surface area contributed by atoms with Crippen molar-refractivity contribution < 1.29 is 9.47 Å². The van der Waals surface area contributed by atoms with Crippen molar-refractivity contribution in [1.29, 1.82) is 0 Å². The molecule has 2 aromatic carbocycles. The van der Waals surface area contributed by atoms with Crippen LogP contribution in [0, 0.1) is 5.92 Å². The third-order valence-corrected chi connectivity index (χ3v) is 4.48. The van der Waals surface area contributed by atoms with Crippen LogP contribution in [0.4, 0.5) is 0 Å². The van der Waals surface area contributed by atoms with Crippen LogP contribution in [0.3, 0.4) is 0 Å². The lowest BCUT2D eigenvalue weighted by Gasteiger charge is -2.32. The van der Waals surface area contributed by atoms with Crippen molar-refractivity contribution in [3.63, 3.8) is 0 Å². The Kier molecular flexibility index (Phi) is 6.13. The zero-order valence-electron chi connectivity index (χ0n) is 14.5. The van der Waals surface area contributed by atoms with Crippen LogP contribution in [-0.4, -0.2) is 31.2 Å². The van der Waals surface area contributed by atoms with Gasteiger partial charge in [-0.3, -0.25) is 4.90 Å². The van der Waals surface area contributed by atoms with Crippen LogP contribution in [0.25, 0.3) is 0 Å². The number of rotatable bonds is 7. The number of para-hydroxylation sites is 2. The van der Waals surface area contributed by atoms with E-state index in [1.807, 2.05) is 31.2 Å². The molecule has 1 heterocycles. The quantitative estimate of drug-likeness (QED) is 0.754. The molecule has 0 N–H and O–H groups in total. The molecule has 0 radical (unpaired) electrons. The molecule has 3 rings (SSSR count). The maximum Gasteiger partial charge on any atom is 0.161 e. The maximum absolute atomic E-state index is 6.08. The number of hydrogen-bond donors (Lipinski definition) is 0. The van der Waals surface area contributed by atoms with Gasteiger partial charge in [-0.05, 0) is 44.0 Å². The fourth-order valence-electron chi connectivity index (χ4n) is 3.32. The molecule has 0 saturated carbocycles. The number of nitrogens with zero attached hydrogens (tertiary/aromatic N) is 1. The molecular formula is C21H27NO2. The Hall–Kier alpha value is -2.00. The second kappa shape index (κ2) is 8.74. The van der Waals surface area contributed by atoms with Gasteiger partial charge in [0, 0.05) is 19.0 Å². The third kappa shape index (κ3) is 4.75. The van der Waals surface area contributed by atoms with Crippen molar-refractivity contribution in [2.75, 3.05) is 26.3 Å². The molecule has 128 valence electrons. The predicted molar refractivity (Wildman–Crippen MR) is 97.5 cm³/mol. The molecule has 0 aromatic heterocycles. The molecule has 0 aliphatic carbocycles. The van der Waals surface area contributed by atoms with Gasteiger partial charge in [-0.25, -0.2) is 0 Å². The molecule has 1 saturated heterocycles. The minimum Gasteiger partial charge on any atom is -0.490 e. The molecule has 0 amide bonds. The smallest absolute Gasteiger partial charge is 0.161 e. The Morgan fingerprint density at radius 3 is 2.42 bits per heavy atom. The molecule has 1 aliphatic rings. The van der Waals surface area contributed by atoms with Crippen LogP contribution < -0.4 is 9.47 Å². The van der Waals surface area contributed by atoms with E-state index >= 15 is 0 Å². The van der Waals surface area contributed by atoms with E-state index in [2.05, 4.69) is 35.2 Å². The summed E-state index contributed by atoms with van der Waals surface area (Å²) in [6.07, 6.45) is 2.48. The summed E-state index contributed by atoms with van der Waals surface area (Å²) >= 11 is 0. The SMILES string of the molecule is CCOc1ccccc1OCC1CCCN(Cc2ccccc2)C1. The van der Waals surface area contributed by atoms with Gasteiger partial charge >= 0.3 is 0 Å². The Balaban J connectivity index is 1.52. The van der Waals surface area contributed by atoms with Crippen LogP contribution >= 0.6 is 0 Å². The second-order valence-corrected chi connectivity index (χ2v) is 6.42. The topological polar surface area (TPSA) is 21.7 Å². The first-order valence-electron chi connectivity index (χ1n) is 8.96. The highest BCUT2D eigenvalue weighted by molar-refractivity contribution is 5.39. The summed E-state index contributed by atoms with van der Waals surface area (Å²) in [4.78, 5) is 2.54. The van der Waals surface area contributed by atoms with E-state index in [1.54, 1.807) is 0 Å². The summed E-state index contributed by atoms with van der Waals surface area (Å²) in [5.41, 5.74) is 1.39. The monoisotopic (exact) mass is 325 g/mol. The fraction of sp³-hybridized carbons (Fsp3) is 0.429. The number of likely N-dealkylation sites (tertiary alicyclic amines) is 1. The molecule has 3 nitrogen and oxygen atoms in total. The first-order valence-corrected chi connectivity index (χ1v) is 8.96. The van der Waals surface area contributed by atoms with E-state index in [-0.39, 0.29) is 0 Å². The van der Waals surface area contributed by atoms with Gasteiger partial charge in [-0.1, -0.05) is 42.5 Å². The van der Waals surface area contributed by atoms with E-state index in [0.717, 1.165) is 31.2 Å². The second-order valence-electron chi connectivity index (χ2n) is 6.42. The fourth-order valence-corrected chi connectivity index (χ4v) is 3.32. The minimum atomic E-state index is 0.581. The highest BCUT2D eigenvalue weighted by Crippen LogP contribution is 2.28.